The molecule has 0 radical (unpaired) electrons. The number of nitrogens with one attached hydrogen (secondary N) is 1. The van der Waals surface area contributed by atoms with Gasteiger partial charge in [0.1, 0.15) is 17.4 Å². The van der Waals surface area contributed by atoms with E-state index in [-0.39, 0.29) is 12.1 Å². The van der Waals surface area contributed by atoms with Crippen molar-refractivity contribution in [2.75, 3.05) is 38.2 Å². The zero-order chi connectivity index (χ0) is 21.3. The molecule has 0 saturated carbocycles. The van der Waals surface area contributed by atoms with Crippen LogP contribution in [0, 0.1) is 6.92 Å². The predicted molar refractivity (Wildman–Crippen MR) is 115 cm³/mol. The fraction of sp³-hybridized carbons (Fsp3) is 0.429. The van der Waals surface area contributed by atoms with Crippen molar-refractivity contribution in [2.24, 2.45) is 0 Å². The number of piperazine rings is 1. The van der Waals surface area contributed by atoms with Gasteiger partial charge in [-0.15, -0.1) is 0 Å². The molecule has 30 heavy (non-hydrogen) atoms. The van der Waals surface area contributed by atoms with Crippen molar-refractivity contribution in [3.05, 3.63) is 36.3 Å². The molecule has 3 heterocycles. The van der Waals surface area contributed by atoms with E-state index in [1.54, 1.807) is 7.11 Å². The molecule has 1 aliphatic heterocycles. The van der Waals surface area contributed by atoms with E-state index in [0.29, 0.717) is 32.0 Å². The molecule has 1 fully saturated rings. The number of ether oxygens (including phenoxy) is 1. The molecular weight excluding hydrogens is 382 g/mol. The Morgan fingerprint density at radius 1 is 1.10 bits per heavy atom. The van der Waals surface area contributed by atoms with Crippen molar-refractivity contribution in [1.82, 2.24) is 30.0 Å². The first-order chi connectivity index (χ1) is 14.5. The molecule has 0 atom stereocenters. The summed E-state index contributed by atoms with van der Waals surface area (Å²) < 4.78 is 7.06. The lowest BCUT2D eigenvalue weighted by Gasteiger charge is -2.36. The summed E-state index contributed by atoms with van der Waals surface area (Å²) in [6.07, 6.45) is 1.81. The highest BCUT2D eigenvalue weighted by Gasteiger charge is 2.25. The van der Waals surface area contributed by atoms with Gasteiger partial charge in [-0.1, -0.05) is 0 Å². The molecule has 0 aliphatic carbocycles. The minimum absolute atomic E-state index is 0.0130. The lowest BCUT2D eigenvalue weighted by Crippen LogP contribution is -2.53. The largest absolute Gasteiger partial charge is 0.497 e. The molecule has 4 rings (SSSR count). The minimum atomic E-state index is -0.0130. The Hall–Kier alpha value is -3.36. The van der Waals surface area contributed by atoms with Crippen LogP contribution in [0.2, 0.25) is 0 Å². The third kappa shape index (κ3) is 3.87. The van der Waals surface area contributed by atoms with E-state index in [2.05, 4.69) is 20.3 Å². The van der Waals surface area contributed by atoms with Crippen molar-refractivity contribution in [1.29, 1.82) is 0 Å². The highest BCUT2D eigenvalue weighted by Crippen LogP contribution is 2.27. The van der Waals surface area contributed by atoms with Gasteiger partial charge in [-0.05, 0) is 45.0 Å². The summed E-state index contributed by atoms with van der Waals surface area (Å²) in [7, 11) is 1.65. The van der Waals surface area contributed by atoms with Crippen LogP contribution in [0.4, 0.5) is 10.6 Å². The SMILES string of the molecule is COc1ccc(-n2ncc3c(N4CCN(C(=O)NC(C)C)CC4)nc(C)nc32)cc1. The lowest BCUT2D eigenvalue weighted by atomic mass is 10.2. The summed E-state index contributed by atoms with van der Waals surface area (Å²) in [5, 5.41) is 8.42. The first kappa shape index (κ1) is 19.9. The Kier molecular flexibility index (Phi) is 5.43. The topological polar surface area (TPSA) is 88.4 Å². The maximum Gasteiger partial charge on any atom is 0.317 e. The number of benzene rings is 1. The molecule has 0 spiro atoms. The average molecular weight is 409 g/mol. The third-order valence-corrected chi connectivity index (χ3v) is 5.12. The van der Waals surface area contributed by atoms with Crippen LogP contribution in [-0.4, -0.2) is 70.0 Å². The second-order valence-corrected chi connectivity index (χ2v) is 7.66. The fourth-order valence-corrected chi connectivity index (χ4v) is 3.61. The minimum Gasteiger partial charge on any atom is -0.497 e. The van der Waals surface area contributed by atoms with Crippen molar-refractivity contribution < 1.29 is 9.53 Å². The van der Waals surface area contributed by atoms with E-state index < -0.39 is 0 Å². The van der Waals surface area contributed by atoms with Gasteiger partial charge in [0.05, 0.1) is 24.4 Å². The smallest absolute Gasteiger partial charge is 0.317 e. The highest BCUT2D eigenvalue weighted by atomic mass is 16.5. The molecule has 1 aliphatic rings. The van der Waals surface area contributed by atoms with Gasteiger partial charge in [-0.2, -0.15) is 5.10 Å². The van der Waals surface area contributed by atoms with E-state index in [1.165, 1.54) is 0 Å². The molecule has 0 unspecified atom stereocenters. The van der Waals surface area contributed by atoms with Gasteiger partial charge in [0.15, 0.2) is 5.65 Å². The number of amides is 2. The average Bonchev–Trinajstić information content (AvgIpc) is 3.16. The van der Waals surface area contributed by atoms with Crippen molar-refractivity contribution >= 4 is 22.9 Å². The molecule has 2 amide bonds. The van der Waals surface area contributed by atoms with Crippen molar-refractivity contribution in [3.63, 3.8) is 0 Å². The first-order valence-corrected chi connectivity index (χ1v) is 10.1. The molecule has 9 heteroatoms. The lowest BCUT2D eigenvalue weighted by molar-refractivity contribution is 0.192. The van der Waals surface area contributed by atoms with Crippen LogP contribution in [0.3, 0.4) is 0 Å². The number of hydrogen-bond donors (Lipinski definition) is 1. The number of aromatic nitrogens is 4. The van der Waals surface area contributed by atoms with Gasteiger partial charge in [0, 0.05) is 32.2 Å². The third-order valence-electron chi connectivity index (χ3n) is 5.12. The number of urea groups is 1. The van der Waals surface area contributed by atoms with Gasteiger partial charge in [-0.3, -0.25) is 0 Å². The summed E-state index contributed by atoms with van der Waals surface area (Å²) in [6, 6.07) is 7.83. The summed E-state index contributed by atoms with van der Waals surface area (Å²) in [5.74, 6) is 2.34. The molecule has 3 aromatic rings. The van der Waals surface area contributed by atoms with Crippen LogP contribution in [0.1, 0.15) is 19.7 Å². The maximum absolute atomic E-state index is 12.3. The molecule has 2 aromatic heterocycles. The van der Waals surface area contributed by atoms with Crippen LogP contribution in [-0.2, 0) is 0 Å². The molecule has 9 nitrogen and oxygen atoms in total. The molecule has 0 bridgehead atoms. The van der Waals surface area contributed by atoms with Gasteiger partial charge in [-0.25, -0.2) is 19.4 Å². The first-order valence-electron chi connectivity index (χ1n) is 10.1. The molecule has 1 saturated heterocycles. The van der Waals surface area contributed by atoms with Gasteiger partial charge < -0.3 is 19.9 Å². The standard InChI is InChI=1S/C21H27N7O2/c1-14(2)23-21(29)27-11-9-26(10-12-27)19-18-13-22-28(20(18)25-15(3)24-19)16-5-7-17(30-4)8-6-16/h5-8,13-14H,9-12H2,1-4H3,(H,23,29). The molecule has 1 aromatic carbocycles. The van der Waals surface area contributed by atoms with Crippen LogP contribution in [0.5, 0.6) is 5.75 Å². The van der Waals surface area contributed by atoms with E-state index >= 15 is 0 Å². The van der Waals surface area contributed by atoms with Crippen molar-refractivity contribution in [2.45, 2.75) is 26.8 Å². The van der Waals surface area contributed by atoms with Crippen LogP contribution in [0.25, 0.3) is 16.7 Å². The van der Waals surface area contributed by atoms with Gasteiger partial charge >= 0.3 is 6.03 Å². The number of fused-ring (bicyclic) bond motifs is 1. The Morgan fingerprint density at radius 3 is 2.43 bits per heavy atom. The maximum atomic E-state index is 12.3. The van der Waals surface area contributed by atoms with Crippen LogP contribution in [0.15, 0.2) is 30.5 Å². The number of methoxy groups -OCH3 is 1. The second-order valence-electron chi connectivity index (χ2n) is 7.66. The quantitative estimate of drug-likeness (QED) is 0.712. The Labute approximate surface area is 175 Å². The summed E-state index contributed by atoms with van der Waals surface area (Å²) in [6.45, 7) is 8.55. The van der Waals surface area contributed by atoms with E-state index in [1.807, 2.05) is 60.8 Å². The zero-order valence-electron chi connectivity index (χ0n) is 17.8. The van der Waals surface area contributed by atoms with Crippen LogP contribution >= 0.6 is 0 Å². The number of carbonyl (C=O) groups is 1. The number of rotatable bonds is 4. The molecule has 158 valence electrons. The number of aryl methyl sites for hydroxylation is 1. The summed E-state index contributed by atoms with van der Waals surface area (Å²) in [5.41, 5.74) is 1.67. The number of carbonyl (C=O) groups excluding carboxylic acids is 1. The van der Waals surface area contributed by atoms with Crippen LogP contribution < -0.4 is 15.0 Å². The summed E-state index contributed by atoms with van der Waals surface area (Å²) in [4.78, 5) is 25.7. The van der Waals surface area contributed by atoms with Crippen molar-refractivity contribution in [3.8, 4) is 11.4 Å². The van der Waals surface area contributed by atoms with E-state index in [4.69, 9.17) is 9.72 Å². The number of anilines is 1. The van der Waals surface area contributed by atoms with E-state index in [9.17, 15) is 4.79 Å². The monoisotopic (exact) mass is 409 g/mol. The Morgan fingerprint density at radius 2 is 1.80 bits per heavy atom. The van der Waals surface area contributed by atoms with Gasteiger partial charge in [0.2, 0.25) is 0 Å². The molecule has 1 N–H and O–H groups in total. The van der Waals surface area contributed by atoms with E-state index in [0.717, 1.165) is 28.3 Å². The number of hydrogen-bond acceptors (Lipinski definition) is 6. The predicted octanol–water partition coefficient (Wildman–Crippen LogP) is 2.37. The van der Waals surface area contributed by atoms with Gasteiger partial charge in [0.25, 0.3) is 0 Å². The Balaban J connectivity index is 1.60. The Bertz CT molecular complexity index is 1040. The summed E-state index contributed by atoms with van der Waals surface area (Å²) >= 11 is 0. The normalized spacial score (nSPS) is 14.4. The fourth-order valence-electron chi connectivity index (χ4n) is 3.61. The highest BCUT2D eigenvalue weighted by molar-refractivity contribution is 5.88. The second kappa shape index (κ2) is 8.17. The zero-order valence-corrected chi connectivity index (χ0v) is 17.8. The molecular formula is C21H27N7O2. The number of nitrogens with zero attached hydrogens (tertiary/aromatic N) is 6.